The lowest BCUT2D eigenvalue weighted by Crippen LogP contribution is -2.57. The van der Waals surface area contributed by atoms with Gasteiger partial charge in [0.15, 0.2) is 6.35 Å². The van der Waals surface area contributed by atoms with E-state index in [2.05, 4.69) is 15.8 Å². The number of carbonyl (C=O) groups is 2. The molecular formula is C20H40N3O10P. The zero-order valence-corrected chi connectivity index (χ0v) is 22.4. The molecule has 200 valence electrons. The predicted molar refractivity (Wildman–Crippen MR) is 124 cm³/mol. The summed E-state index contributed by atoms with van der Waals surface area (Å²) in [7, 11) is -2.51. The zero-order chi connectivity index (χ0) is 26.4. The lowest BCUT2D eigenvalue weighted by atomic mass is 9.88. The number of hydrogen-bond acceptors (Lipinski definition) is 12. The van der Waals surface area contributed by atoms with Crippen LogP contribution in [-0.4, -0.2) is 63.6 Å². The number of rotatable bonds is 16. The van der Waals surface area contributed by atoms with Gasteiger partial charge in [0.1, 0.15) is 5.72 Å². The Balaban J connectivity index is 5.32. The van der Waals surface area contributed by atoms with Gasteiger partial charge in [0, 0.05) is 13.0 Å². The number of aliphatic imine (C=N–C) groups is 1. The van der Waals surface area contributed by atoms with Crippen LogP contribution < -0.4 is 10.9 Å². The van der Waals surface area contributed by atoms with Crippen molar-refractivity contribution in [2.75, 3.05) is 27.0 Å². The summed E-state index contributed by atoms with van der Waals surface area (Å²) in [5.41, 5.74) is 4.72. The molecule has 0 aromatic carbocycles. The highest BCUT2D eigenvalue weighted by Crippen LogP contribution is 2.49. The second-order valence-corrected chi connectivity index (χ2v) is 10.3. The third-order valence-electron chi connectivity index (χ3n) is 4.42. The van der Waals surface area contributed by atoms with Crippen LogP contribution in [0, 0.1) is 11.8 Å². The zero-order valence-electron chi connectivity index (χ0n) is 21.5. The Kier molecular flexibility index (Phi) is 15.0. The Morgan fingerprint density at radius 1 is 0.941 bits per heavy atom. The van der Waals surface area contributed by atoms with Gasteiger partial charge in [-0.25, -0.2) is 15.0 Å². The van der Waals surface area contributed by atoms with E-state index in [0.29, 0.717) is 0 Å². The first-order valence-corrected chi connectivity index (χ1v) is 12.6. The first-order chi connectivity index (χ1) is 15.7. The molecule has 1 unspecified atom stereocenters. The van der Waals surface area contributed by atoms with Crippen molar-refractivity contribution in [2.45, 2.75) is 73.3 Å². The van der Waals surface area contributed by atoms with Crippen LogP contribution in [0.4, 0.5) is 9.59 Å². The molecule has 13 nitrogen and oxygen atoms in total. The van der Waals surface area contributed by atoms with Gasteiger partial charge in [0.2, 0.25) is 13.6 Å². The van der Waals surface area contributed by atoms with Crippen molar-refractivity contribution in [3.63, 3.8) is 0 Å². The normalized spacial score (nSPS) is 14.8. The van der Waals surface area contributed by atoms with Crippen LogP contribution in [-0.2, 0) is 37.3 Å². The Labute approximate surface area is 201 Å². The molecule has 0 bridgehead atoms. The average Bonchev–Trinajstić information content (AvgIpc) is 2.71. The Morgan fingerprint density at radius 2 is 1.41 bits per heavy atom. The number of carbonyl (C=O) groups excluding carboxylic acids is 2. The van der Waals surface area contributed by atoms with E-state index in [9.17, 15) is 14.2 Å². The van der Waals surface area contributed by atoms with Gasteiger partial charge in [0.25, 0.3) is 0 Å². The summed E-state index contributed by atoms with van der Waals surface area (Å²) in [6.45, 7) is 12.7. The molecular weight excluding hydrogens is 473 g/mol. The number of nitrogens with one attached hydrogen (secondary N) is 2. The summed E-state index contributed by atoms with van der Waals surface area (Å²) < 4.78 is 48.7. The maximum absolute atomic E-state index is 13.3. The molecule has 2 atom stereocenters. The van der Waals surface area contributed by atoms with Crippen LogP contribution in [0.2, 0.25) is 0 Å². The summed E-state index contributed by atoms with van der Waals surface area (Å²) >= 11 is 0. The highest BCUT2D eigenvalue weighted by atomic mass is 31.2. The summed E-state index contributed by atoms with van der Waals surface area (Å²) in [5.74, 6) is 0.0793. The van der Waals surface area contributed by atoms with E-state index < -0.39 is 57.8 Å². The van der Waals surface area contributed by atoms with E-state index in [-0.39, 0.29) is 11.8 Å². The molecule has 0 radical (unpaired) electrons. The highest BCUT2D eigenvalue weighted by molar-refractivity contribution is 7.53. The minimum absolute atomic E-state index is 0.0896. The lowest BCUT2D eigenvalue weighted by Gasteiger charge is -2.38. The number of nitrogens with zero attached hydrogens (tertiary/aromatic N) is 1. The van der Waals surface area contributed by atoms with Gasteiger partial charge in [-0.2, -0.15) is 0 Å². The summed E-state index contributed by atoms with van der Waals surface area (Å²) in [5, 5.41) is 0. The van der Waals surface area contributed by atoms with E-state index in [0.717, 1.165) is 0 Å². The third-order valence-corrected chi connectivity index (χ3v) is 5.86. The topological polar surface area (TPSA) is 152 Å². The van der Waals surface area contributed by atoms with Crippen molar-refractivity contribution in [1.82, 2.24) is 10.9 Å². The van der Waals surface area contributed by atoms with Crippen LogP contribution in [0.15, 0.2) is 4.99 Å². The molecule has 0 rings (SSSR count). The Morgan fingerprint density at radius 3 is 1.79 bits per heavy atom. The SMILES string of the molecule is CN=CNNC(C)(OCP(=O)(OCOC(=O)OC(C)C)OCOC(=O)OC(C)C)[C@@H](C)C(C)C. The molecule has 0 aromatic heterocycles. The van der Waals surface area contributed by atoms with Crippen LogP contribution in [0.1, 0.15) is 55.4 Å². The molecule has 0 saturated heterocycles. The molecule has 0 saturated carbocycles. The molecule has 34 heavy (non-hydrogen) atoms. The molecule has 0 aliphatic rings. The van der Waals surface area contributed by atoms with Gasteiger partial charge in [-0.1, -0.05) is 20.8 Å². The molecule has 2 N–H and O–H groups in total. The molecule has 0 spiro atoms. The summed E-state index contributed by atoms with van der Waals surface area (Å²) in [6, 6.07) is 0. The Bertz CT molecular complexity index is 658. The van der Waals surface area contributed by atoms with E-state index in [1.165, 1.54) is 6.34 Å². The second-order valence-electron chi connectivity index (χ2n) is 8.30. The minimum Gasteiger partial charge on any atom is -0.432 e. The number of ether oxygens (including phenoxy) is 5. The van der Waals surface area contributed by atoms with Gasteiger partial charge in [0.05, 0.1) is 18.5 Å². The molecule has 0 aromatic rings. The minimum atomic E-state index is -4.09. The summed E-state index contributed by atoms with van der Waals surface area (Å²) in [4.78, 5) is 27.0. The maximum atomic E-state index is 13.3. The first kappa shape index (κ1) is 32.1. The van der Waals surface area contributed by atoms with Crippen LogP contribution in [0.25, 0.3) is 0 Å². The molecule has 0 fully saturated rings. The van der Waals surface area contributed by atoms with Crippen LogP contribution >= 0.6 is 7.60 Å². The van der Waals surface area contributed by atoms with E-state index >= 15 is 0 Å². The van der Waals surface area contributed by atoms with Crippen molar-refractivity contribution >= 4 is 26.2 Å². The maximum Gasteiger partial charge on any atom is 0.510 e. The van der Waals surface area contributed by atoms with E-state index in [1.807, 2.05) is 20.8 Å². The fraction of sp³-hybridized carbons (Fsp3) is 0.850. The van der Waals surface area contributed by atoms with Gasteiger partial charge < -0.3 is 29.1 Å². The van der Waals surface area contributed by atoms with Gasteiger partial charge >= 0.3 is 19.9 Å². The fourth-order valence-corrected chi connectivity index (χ4v) is 3.32. The second kappa shape index (κ2) is 15.9. The first-order valence-electron chi connectivity index (χ1n) is 10.9. The van der Waals surface area contributed by atoms with Gasteiger partial charge in [-0.05, 0) is 40.5 Å². The summed E-state index contributed by atoms with van der Waals surface area (Å²) in [6.07, 6.45) is -2.00. The largest absolute Gasteiger partial charge is 0.510 e. The van der Waals surface area contributed by atoms with Crippen molar-refractivity contribution in [1.29, 1.82) is 0 Å². The number of hydrazine groups is 1. The molecule has 0 aliphatic heterocycles. The van der Waals surface area contributed by atoms with Crippen molar-refractivity contribution < 1.29 is 46.9 Å². The third kappa shape index (κ3) is 13.7. The molecule has 0 heterocycles. The lowest BCUT2D eigenvalue weighted by molar-refractivity contribution is -0.103. The Hall–Kier alpha value is -1.92. The van der Waals surface area contributed by atoms with Crippen molar-refractivity contribution in [2.24, 2.45) is 16.8 Å². The van der Waals surface area contributed by atoms with Crippen molar-refractivity contribution in [3.8, 4) is 0 Å². The van der Waals surface area contributed by atoms with Crippen LogP contribution in [0.3, 0.4) is 0 Å². The molecule has 14 heteroatoms. The monoisotopic (exact) mass is 513 g/mol. The molecule has 0 aliphatic carbocycles. The predicted octanol–water partition coefficient (Wildman–Crippen LogP) is 3.99. The highest BCUT2D eigenvalue weighted by Gasteiger charge is 2.38. The van der Waals surface area contributed by atoms with Gasteiger partial charge in [-0.3, -0.25) is 18.6 Å². The van der Waals surface area contributed by atoms with Crippen LogP contribution in [0.5, 0.6) is 0 Å². The van der Waals surface area contributed by atoms with E-state index in [4.69, 9.17) is 32.7 Å². The standard InChI is InChI=1S/C20H40N3O10P/c1-14(2)17(7)20(8,23-22-10-21-9)29-13-34(26,30-11-27-18(24)32-15(3)4)31-12-28-19(25)33-16(5)6/h10,14-17,23H,11-13H2,1-9H3,(H,21,22)/t17-,20?/m0/s1. The smallest absolute Gasteiger partial charge is 0.432 e. The van der Waals surface area contributed by atoms with Crippen molar-refractivity contribution in [3.05, 3.63) is 0 Å². The fourth-order valence-electron chi connectivity index (χ4n) is 2.24. The van der Waals surface area contributed by atoms with E-state index in [1.54, 1.807) is 41.7 Å². The van der Waals surface area contributed by atoms with Gasteiger partial charge in [-0.15, -0.1) is 0 Å². The quantitative estimate of drug-likeness (QED) is 0.0766. The average molecular weight is 514 g/mol. The molecule has 0 amide bonds. The number of hydrogen-bond donors (Lipinski definition) is 2.